The molecule has 0 atom stereocenters. The van der Waals surface area contributed by atoms with Crippen LogP contribution in [-0.2, 0) is 25.5 Å². The molecule has 0 fully saturated rings. The second-order valence-corrected chi connectivity index (χ2v) is 16.9. The Kier molecular flexibility index (Phi) is 9.99. The molecule has 3 nitrogen and oxygen atoms in total. The molecule has 6 rings (SSSR count). The fourth-order valence-corrected chi connectivity index (χ4v) is 6.69. The van der Waals surface area contributed by atoms with E-state index in [4.69, 9.17) is 9.40 Å². The first-order chi connectivity index (χ1) is 19.7. The summed E-state index contributed by atoms with van der Waals surface area (Å²) in [5, 5.41) is 3.82. The van der Waals surface area contributed by atoms with Crippen molar-refractivity contribution in [1.29, 1.82) is 0 Å². The number of aromatic nitrogens is 2. The van der Waals surface area contributed by atoms with Gasteiger partial charge < -0.3 is 14.4 Å². The number of furan rings is 1. The van der Waals surface area contributed by atoms with Crippen LogP contribution in [-0.4, -0.2) is 18.0 Å². The SMILES string of the molecule is CCC(C)(CC)c1ccc(-c2[c-]cc([Si](C)(C)C)c3c2oc2ccccc23)nc1.[Ir].[c-]1ccccc1-c1ccccn1. The van der Waals surface area contributed by atoms with Gasteiger partial charge in [-0.25, -0.2) is 0 Å². The summed E-state index contributed by atoms with van der Waals surface area (Å²) in [6, 6.07) is 35.2. The summed E-state index contributed by atoms with van der Waals surface area (Å²) in [4.78, 5) is 9.06. The topological polar surface area (TPSA) is 38.9 Å². The number of hydrogen-bond acceptors (Lipinski definition) is 3. The van der Waals surface area contributed by atoms with E-state index in [1.807, 2.05) is 54.7 Å². The summed E-state index contributed by atoms with van der Waals surface area (Å²) in [5.41, 5.74) is 7.21. The third-order valence-electron chi connectivity index (χ3n) is 8.19. The zero-order valence-corrected chi connectivity index (χ0v) is 28.7. The number of nitrogens with zero attached hydrogens (tertiary/aromatic N) is 2. The van der Waals surface area contributed by atoms with E-state index in [0.717, 1.165) is 46.5 Å². The van der Waals surface area contributed by atoms with Crippen molar-refractivity contribution in [3.05, 3.63) is 115 Å². The molecule has 0 saturated heterocycles. The molecular formula is C37H38IrN2OSi-2. The molecule has 0 saturated carbocycles. The zero-order valence-electron chi connectivity index (χ0n) is 25.3. The quantitative estimate of drug-likeness (QED) is 0.126. The number of fused-ring (bicyclic) bond motifs is 3. The van der Waals surface area contributed by atoms with E-state index in [2.05, 4.69) is 93.9 Å². The molecule has 217 valence electrons. The minimum absolute atomic E-state index is 0. The van der Waals surface area contributed by atoms with Crippen LogP contribution in [0.1, 0.15) is 39.2 Å². The zero-order chi connectivity index (χ0) is 29.0. The number of pyridine rings is 2. The molecule has 0 spiro atoms. The Bertz CT molecular complexity index is 1700. The van der Waals surface area contributed by atoms with Gasteiger partial charge in [0.25, 0.3) is 0 Å². The van der Waals surface area contributed by atoms with Gasteiger partial charge in [-0.1, -0.05) is 93.8 Å². The molecule has 0 aliphatic carbocycles. The molecule has 5 heteroatoms. The first-order valence-electron chi connectivity index (χ1n) is 14.5. The molecule has 6 aromatic rings. The molecule has 0 unspecified atom stereocenters. The maximum Gasteiger partial charge on any atom is 0.120 e. The number of para-hydroxylation sites is 1. The Morgan fingerprint density at radius 3 is 2.17 bits per heavy atom. The summed E-state index contributed by atoms with van der Waals surface area (Å²) in [6.07, 6.45) is 6.04. The molecule has 42 heavy (non-hydrogen) atoms. The van der Waals surface area contributed by atoms with Crippen molar-refractivity contribution >= 4 is 35.2 Å². The van der Waals surface area contributed by atoms with Crippen LogP contribution < -0.4 is 5.19 Å². The van der Waals surface area contributed by atoms with Crippen molar-refractivity contribution in [1.82, 2.24) is 9.97 Å². The van der Waals surface area contributed by atoms with Gasteiger partial charge in [0, 0.05) is 46.0 Å². The third-order valence-corrected chi connectivity index (χ3v) is 10.2. The number of benzene rings is 3. The van der Waals surface area contributed by atoms with Crippen LogP contribution in [0.3, 0.4) is 0 Å². The van der Waals surface area contributed by atoms with Crippen LogP contribution in [0.15, 0.2) is 102 Å². The van der Waals surface area contributed by atoms with E-state index < -0.39 is 8.07 Å². The maximum atomic E-state index is 6.36. The third kappa shape index (κ3) is 6.49. The van der Waals surface area contributed by atoms with Crippen LogP contribution in [0.4, 0.5) is 0 Å². The molecule has 3 aromatic heterocycles. The normalized spacial score (nSPS) is 11.6. The Labute approximate surface area is 264 Å². The van der Waals surface area contributed by atoms with E-state index >= 15 is 0 Å². The molecular weight excluding hydrogens is 709 g/mol. The summed E-state index contributed by atoms with van der Waals surface area (Å²) in [5.74, 6) is 0. The average Bonchev–Trinajstić information content (AvgIpc) is 3.41. The van der Waals surface area contributed by atoms with E-state index in [9.17, 15) is 0 Å². The Hall–Kier alpha value is -3.37. The van der Waals surface area contributed by atoms with Gasteiger partial charge in [-0.2, -0.15) is 0 Å². The van der Waals surface area contributed by atoms with Gasteiger partial charge in [-0.15, -0.1) is 53.2 Å². The average molecular weight is 747 g/mol. The Morgan fingerprint density at radius 1 is 0.810 bits per heavy atom. The molecule has 0 amide bonds. The number of hydrogen-bond donors (Lipinski definition) is 0. The van der Waals surface area contributed by atoms with Crippen molar-refractivity contribution in [2.75, 3.05) is 0 Å². The predicted molar refractivity (Wildman–Crippen MR) is 175 cm³/mol. The molecule has 0 bridgehead atoms. The fraction of sp³-hybridized carbons (Fsp3) is 0.243. The van der Waals surface area contributed by atoms with Crippen molar-refractivity contribution < 1.29 is 24.5 Å². The van der Waals surface area contributed by atoms with Gasteiger partial charge in [-0.05, 0) is 47.3 Å². The Balaban J connectivity index is 0.000000261. The van der Waals surface area contributed by atoms with Crippen LogP contribution >= 0.6 is 0 Å². The molecule has 3 heterocycles. The monoisotopic (exact) mass is 747 g/mol. The van der Waals surface area contributed by atoms with Gasteiger partial charge >= 0.3 is 0 Å². The van der Waals surface area contributed by atoms with Crippen LogP contribution in [0.2, 0.25) is 19.6 Å². The van der Waals surface area contributed by atoms with E-state index in [1.165, 1.54) is 21.5 Å². The summed E-state index contributed by atoms with van der Waals surface area (Å²) in [7, 11) is -1.56. The van der Waals surface area contributed by atoms with Crippen LogP contribution in [0.5, 0.6) is 0 Å². The fourth-order valence-electron chi connectivity index (χ4n) is 5.18. The van der Waals surface area contributed by atoms with E-state index in [-0.39, 0.29) is 25.5 Å². The van der Waals surface area contributed by atoms with Crippen LogP contribution in [0, 0.1) is 12.1 Å². The van der Waals surface area contributed by atoms with Crippen molar-refractivity contribution in [3.8, 4) is 22.5 Å². The second-order valence-electron chi connectivity index (χ2n) is 11.8. The maximum absolute atomic E-state index is 6.36. The standard InChI is InChI=1S/C26H30NOSi.C11H8N.Ir/c1-7-26(3,8-2)18-13-15-21(27-17-18)19-14-16-23(29(4,5)6)24-20-11-9-10-12-22(20)28-25(19)24;1-2-6-10(7-3-1)11-8-4-5-9-12-11;/h9-13,15-17H,7-8H2,1-6H3;1-6,8-9H;/q2*-1;. The largest absolute Gasteiger partial charge is 0.501 e. The molecule has 0 N–H and O–H groups in total. The minimum Gasteiger partial charge on any atom is -0.501 e. The van der Waals surface area contributed by atoms with Gasteiger partial charge in [0.15, 0.2) is 0 Å². The van der Waals surface area contributed by atoms with E-state index in [1.54, 1.807) is 6.20 Å². The van der Waals surface area contributed by atoms with Crippen molar-refractivity contribution in [2.24, 2.45) is 0 Å². The second kappa shape index (κ2) is 13.3. The molecule has 0 aliphatic rings. The molecule has 0 aliphatic heterocycles. The van der Waals surface area contributed by atoms with Gasteiger partial charge in [-0.3, -0.25) is 0 Å². The first kappa shape index (κ1) is 31.6. The first-order valence-corrected chi connectivity index (χ1v) is 18.0. The van der Waals surface area contributed by atoms with Gasteiger partial charge in [0.2, 0.25) is 0 Å². The van der Waals surface area contributed by atoms with Gasteiger partial charge in [0.1, 0.15) is 5.58 Å². The van der Waals surface area contributed by atoms with Crippen LogP contribution in [0.25, 0.3) is 44.5 Å². The molecule has 1 radical (unpaired) electrons. The smallest absolute Gasteiger partial charge is 0.120 e. The van der Waals surface area contributed by atoms with Gasteiger partial charge in [0.05, 0.1) is 5.58 Å². The molecule has 3 aromatic carbocycles. The minimum atomic E-state index is -1.56. The predicted octanol–water partition coefficient (Wildman–Crippen LogP) is 9.62. The summed E-state index contributed by atoms with van der Waals surface area (Å²) >= 11 is 0. The van der Waals surface area contributed by atoms with Crippen molar-refractivity contribution in [3.63, 3.8) is 0 Å². The van der Waals surface area contributed by atoms with E-state index in [0.29, 0.717) is 0 Å². The van der Waals surface area contributed by atoms with Crippen molar-refractivity contribution in [2.45, 2.75) is 58.7 Å². The summed E-state index contributed by atoms with van der Waals surface area (Å²) in [6.45, 7) is 13.9. The summed E-state index contributed by atoms with van der Waals surface area (Å²) < 4.78 is 6.36. The Morgan fingerprint density at radius 2 is 1.55 bits per heavy atom. The number of rotatable bonds is 6.